The SMILES string of the molecule is CCOC(=O)c1c(-c2cccs2)csc1NC(=O)CN1CCN(c2ccc(Cl)cc2[N+](=O)[O-])CC1. The molecule has 12 heteroatoms. The summed E-state index contributed by atoms with van der Waals surface area (Å²) in [7, 11) is 0. The first-order valence-corrected chi connectivity index (χ1v) is 13.0. The highest BCUT2D eigenvalue weighted by atomic mass is 35.5. The molecule has 4 rings (SSSR count). The second kappa shape index (κ2) is 11.2. The molecule has 1 aliphatic heterocycles. The summed E-state index contributed by atoms with van der Waals surface area (Å²) in [4.78, 5) is 41.3. The van der Waals surface area contributed by atoms with Gasteiger partial charge in [0.25, 0.3) is 5.69 Å². The first kappa shape index (κ1) is 25.1. The number of anilines is 2. The smallest absolute Gasteiger partial charge is 0.341 e. The van der Waals surface area contributed by atoms with Crippen molar-refractivity contribution in [1.29, 1.82) is 0 Å². The molecule has 0 saturated carbocycles. The highest BCUT2D eigenvalue weighted by molar-refractivity contribution is 7.17. The van der Waals surface area contributed by atoms with Gasteiger partial charge >= 0.3 is 5.97 Å². The van der Waals surface area contributed by atoms with Crippen LogP contribution in [-0.2, 0) is 9.53 Å². The number of halogens is 1. The maximum absolute atomic E-state index is 12.8. The Kier molecular flexibility index (Phi) is 8.01. The third-order valence-corrected chi connectivity index (χ3v) is 7.56. The van der Waals surface area contributed by atoms with Crippen LogP contribution in [0.25, 0.3) is 10.4 Å². The first-order valence-electron chi connectivity index (χ1n) is 10.9. The number of carbonyl (C=O) groups is 2. The number of hydrogen-bond acceptors (Lipinski definition) is 9. The summed E-state index contributed by atoms with van der Waals surface area (Å²) in [6.45, 7) is 4.31. The third-order valence-electron chi connectivity index (χ3n) is 5.52. The molecule has 1 amide bonds. The summed E-state index contributed by atoms with van der Waals surface area (Å²) < 4.78 is 5.23. The van der Waals surface area contributed by atoms with Crippen LogP contribution in [0.2, 0.25) is 5.02 Å². The van der Waals surface area contributed by atoms with Crippen molar-refractivity contribution in [3.8, 4) is 10.4 Å². The summed E-state index contributed by atoms with van der Waals surface area (Å²) in [6, 6.07) is 8.47. The number of esters is 1. The molecule has 0 aliphatic carbocycles. The van der Waals surface area contributed by atoms with Gasteiger partial charge in [0.15, 0.2) is 0 Å². The van der Waals surface area contributed by atoms with Crippen molar-refractivity contribution in [3.05, 3.63) is 61.8 Å². The van der Waals surface area contributed by atoms with E-state index in [0.717, 1.165) is 10.4 Å². The first-order chi connectivity index (χ1) is 16.9. The molecule has 1 fully saturated rings. The summed E-state index contributed by atoms with van der Waals surface area (Å²) >= 11 is 8.73. The summed E-state index contributed by atoms with van der Waals surface area (Å²) in [5.74, 6) is -0.702. The maximum Gasteiger partial charge on any atom is 0.341 e. The van der Waals surface area contributed by atoms with Gasteiger partial charge in [-0.15, -0.1) is 22.7 Å². The molecule has 0 unspecified atom stereocenters. The van der Waals surface area contributed by atoms with Crippen molar-refractivity contribution >= 4 is 62.5 Å². The Labute approximate surface area is 215 Å². The zero-order chi connectivity index (χ0) is 24.9. The average molecular weight is 535 g/mol. The van der Waals surface area contributed by atoms with Crippen molar-refractivity contribution in [2.24, 2.45) is 0 Å². The average Bonchev–Trinajstić information content (AvgIpc) is 3.50. The van der Waals surface area contributed by atoms with E-state index < -0.39 is 10.9 Å². The van der Waals surface area contributed by atoms with Crippen LogP contribution in [-0.4, -0.2) is 61.0 Å². The van der Waals surface area contributed by atoms with Crippen LogP contribution in [0.15, 0.2) is 41.1 Å². The molecule has 0 atom stereocenters. The second-order valence-corrected chi connectivity index (χ2v) is 10.0. The molecule has 0 radical (unpaired) electrons. The molecule has 3 heterocycles. The molecule has 2 aromatic heterocycles. The fraction of sp³-hybridized carbons (Fsp3) is 0.304. The van der Waals surface area contributed by atoms with Gasteiger partial charge in [0, 0.05) is 53.1 Å². The number of hydrogen-bond donors (Lipinski definition) is 1. The van der Waals surface area contributed by atoms with Crippen LogP contribution in [0.5, 0.6) is 0 Å². The quantitative estimate of drug-likeness (QED) is 0.247. The summed E-state index contributed by atoms with van der Waals surface area (Å²) in [5, 5.41) is 18.9. The van der Waals surface area contributed by atoms with Crippen molar-refractivity contribution in [3.63, 3.8) is 0 Å². The lowest BCUT2D eigenvalue weighted by Crippen LogP contribution is -2.48. The van der Waals surface area contributed by atoms with E-state index in [1.54, 1.807) is 19.1 Å². The molecule has 35 heavy (non-hydrogen) atoms. The molecule has 1 saturated heterocycles. The van der Waals surface area contributed by atoms with E-state index in [1.807, 2.05) is 32.7 Å². The van der Waals surface area contributed by atoms with E-state index >= 15 is 0 Å². The predicted octanol–water partition coefficient (Wildman–Crippen LogP) is 4.98. The van der Waals surface area contributed by atoms with Gasteiger partial charge < -0.3 is 15.0 Å². The highest BCUT2D eigenvalue weighted by Crippen LogP contribution is 2.38. The number of thiophene rings is 2. The number of benzene rings is 1. The van der Waals surface area contributed by atoms with E-state index in [1.165, 1.54) is 28.7 Å². The Balaban J connectivity index is 1.40. The Morgan fingerprint density at radius 3 is 2.63 bits per heavy atom. The lowest BCUT2D eigenvalue weighted by atomic mass is 10.1. The van der Waals surface area contributed by atoms with Crippen LogP contribution in [0.1, 0.15) is 17.3 Å². The molecule has 3 aromatic rings. The number of ether oxygens (including phenoxy) is 1. The lowest BCUT2D eigenvalue weighted by Gasteiger charge is -2.35. The van der Waals surface area contributed by atoms with Gasteiger partial charge in [-0.3, -0.25) is 19.8 Å². The number of nitrogens with one attached hydrogen (secondary N) is 1. The molecular weight excluding hydrogens is 512 g/mol. The number of rotatable bonds is 8. The Morgan fingerprint density at radius 2 is 1.97 bits per heavy atom. The molecule has 184 valence electrons. The summed E-state index contributed by atoms with van der Waals surface area (Å²) in [5.41, 5.74) is 1.60. The number of piperazine rings is 1. The fourth-order valence-electron chi connectivity index (χ4n) is 3.90. The molecule has 1 aliphatic rings. The van der Waals surface area contributed by atoms with E-state index in [2.05, 4.69) is 5.32 Å². The largest absolute Gasteiger partial charge is 0.462 e. The van der Waals surface area contributed by atoms with Crippen LogP contribution >= 0.6 is 34.3 Å². The van der Waals surface area contributed by atoms with Crippen LogP contribution in [0, 0.1) is 10.1 Å². The van der Waals surface area contributed by atoms with Gasteiger partial charge in [-0.25, -0.2) is 4.79 Å². The molecule has 1 N–H and O–H groups in total. The third kappa shape index (κ3) is 5.81. The minimum absolute atomic E-state index is 0.0329. The zero-order valence-corrected chi connectivity index (χ0v) is 21.3. The van der Waals surface area contributed by atoms with Gasteiger partial charge in [0.05, 0.1) is 18.1 Å². The van der Waals surface area contributed by atoms with Gasteiger partial charge in [-0.1, -0.05) is 17.7 Å². The number of nitrogens with zero attached hydrogens (tertiary/aromatic N) is 3. The topological polar surface area (TPSA) is 105 Å². The van der Waals surface area contributed by atoms with E-state index in [0.29, 0.717) is 47.5 Å². The molecule has 0 spiro atoms. The summed E-state index contributed by atoms with van der Waals surface area (Å²) in [6.07, 6.45) is 0. The van der Waals surface area contributed by atoms with Crippen LogP contribution < -0.4 is 10.2 Å². The maximum atomic E-state index is 12.8. The van der Waals surface area contributed by atoms with Crippen LogP contribution in [0.3, 0.4) is 0 Å². The van der Waals surface area contributed by atoms with Crippen molar-refractivity contribution in [2.45, 2.75) is 6.92 Å². The zero-order valence-electron chi connectivity index (χ0n) is 18.9. The van der Waals surface area contributed by atoms with E-state index in [4.69, 9.17) is 16.3 Å². The van der Waals surface area contributed by atoms with E-state index in [-0.39, 0.29) is 24.7 Å². The Morgan fingerprint density at radius 1 is 1.20 bits per heavy atom. The lowest BCUT2D eigenvalue weighted by molar-refractivity contribution is -0.384. The Hall–Kier alpha value is -2.99. The van der Waals surface area contributed by atoms with Crippen LogP contribution in [0.4, 0.5) is 16.4 Å². The van der Waals surface area contributed by atoms with Crippen molar-refractivity contribution < 1.29 is 19.2 Å². The second-order valence-electron chi connectivity index (χ2n) is 7.75. The van der Waals surface area contributed by atoms with Gasteiger partial charge in [0.2, 0.25) is 5.91 Å². The number of carbonyl (C=O) groups excluding carboxylic acids is 2. The molecule has 1 aromatic carbocycles. The van der Waals surface area contributed by atoms with Crippen molar-refractivity contribution in [2.75, 3.05) is 49.5 Å². The fourth-order valence-corrected chi connectivity index (χ4v) is 5.85. The monoisotopic (exact) mass is 534 g/mol. The number of amides is 1. The van der Waals surface area contributed by atoms with Gasteiger partial charge in [0.1, 0.15) is 16.3 Å². The normalized spacial score (nSPS) is 14.1. The predicted molar refractivity (Wildman–Crippen MR) is 139 cm³/mol. The minimum Gasteiger partial charge on any atom is -0.462 e. The van der Waals surface area contributed by atoms with E-state index in [9.17, 15) is 19.7 Å². The molecular formula is C23H23ClN4O5S2. The van der Waals surface area contributed by atoms with Gasteiger partial charge in [-0.2, -0.15) is 0 Å². The number of nitro groups is 1. The van der Waals surface area contributed by atoms with Gasteiger partial charge in [-0.05, 0) is 30.5 Å². The standard InChI is InChI=1S/C23H23ClN4O5S2/c1-2-33-23(30)21-16(19-4-3-11-34-19)14-35-22(21)25-20(29)13-26-7-9-27(10-8-26)17-6-5-15(24)12-18(17)28(31)32/h3-6,11-12,14H,2,7-10,13H2,1H3,(H,25,29). The highest BCUT2D eigenvalue weighted by Gasteiger charge is 2.27. The number of nitro benzene ring substituents is 1. The Bertz CT molecular complexity index is 1220. The molecule has 0 bridgehead atoms. The molecule has 9 nitrogen and oxygen atoms in total. The minimum atomic E-state index is -0.467. The van der Waals surface area contributed by atoms with Crippen molar-refractivity contribution in [1.82, 2.24) is 4.90 Å².